The van der Waals surface area contributed by atoms with E-state index in [4.69, 9.17) is 0 Å². The minimum atomic E-state index is -0.404. The lowest BCUT2D eigenvalue weighted by Gasteiger charge is -2.34. The Bertz CT molecular complexity index is 995. The number of nitrogens with zero attached hydrogens (tertiary/aromatic N) is 3. The molecular weight excluding hydrogens is 351 g/mol. The summed E-state index contributed by atoms with van der Waals surface area (Å²) < 4.78 is 16.1. The van der Waals surface area contributed by atoms with Crippen molar-refractivity contribution in [2.24, 2.45) is 20.0 Å². The van der Waals surface area contributed by atoms with Crippen molar-refractivity contribution in [2.75, 3.05) is 23.3 Å². The molecule has 1 fully saturated rings. The normalized spacial score (nSPS) is 17.0. The average Bonchev–Trinajstić information content (AvgIpc) is 2.66. The molecule has 2 aromatic rings. The third-order valence-electron chi connectivity index (χ3n) is 5.06. The Morgan fingerprint density at radius 2 is 1.93 bits per heavy atom. The van der Waals surface area contributed by atoms with Gasteiger partial charge in [0.1, 0.15) is 11.6 Å². The number of hydrogen-bond acceptors (Lipinski definition) is 4. The highest BCUT2D eigenvalue weighted by molar-refractivity contribution is 5.93. The topological polar surface area (TPSA) is 76.3 Å². The van der Waals surface area contributed by atoms with E-state index in [0.717, 1.165) is 11.0 Å². The first-order valence-corrected chi connectivity index (χ1v) is 8.87. The van der Waals surface area contributed by atoms with E-state index < -0.39 is 5.69 Å². The molecule has 7 nitrogen and oxygen atoms in total. The minimum Gasteiger partial charge on any atom is -0.357 e. The second-order valence-corrected chi connectivity index (χ2v) is 6.98. The van der Waals surface area contributed by atoms with Gasteiger partial charge < -0.3 is 10.2 Å². The van der Waals surface area contributed by atoms with E-state index in [1.165, 1.54) is 23.7 Å². The van der Waals surface area contributed by atoms with E-state index in [9.17, 15) is 18.8 Å². The molecule has 1 saturated heterocycles. The molecule has 0 bridgehead atoms. The van der Waals surface area contributed by atoms with Crippen LogP contribution in [0.2, 0.25) is 0 Å². The van der Waals surface area contributed by atoms with Crippen LogP contribution in [0.1, 0.15) is 18.4 Å². The van der Waals surface area contributed by atoms with Crippen molar-refractivity contribution in [3.8, 4) is 0 Å². The van der Waals surface area contributed by atoms with Gasteiger partial charge in [-0.15, -0.1) is 0 Å². The number of aromatic nitrogens is 2. The molecule has 8 heteroatoms. The molecule has 1 aliphatic heterocycles. The number of carbonyl (C=O) groups excluding carboxylic acids is 1. The number of hydrogen-bond donors (Lipinski definition) is 1. The molecule has 1 aliphatic rings. The number of piperidine rings is 1. The minimum absolute atomic E-state index is 0.197. The van der Waals surface area contributed by atoms with E-state index in [2.05, 4.69) is 5.32 Å². The molecule has 0 saturated carbocycles. The standard InChI is InChI=1S/C19H23FN4O3/c1-12-6-7-14(9-15(12)20)21-18(26)13-5-4-8-24(11-13)16-10-17(25)23(3)19(27)22(16)2/h6-7,9-10,13H,4-5,8,11H2,1-3H3,(H,21,26). The largest absolute Gasteiger partial charge is 0.357 e. The van der Waals surface area contributed by atoms with Crippen LogP contribution in [-0.2, 0) is 18.9 Å². The maximum atomic E-state index is 13.7. The quantitative estimate of drug-likeness (QED) is 0.881. The molecule has 1 atom stereocenters. The van der Waals surface area contributed by atoms with E-state index in [1.807, 2.05) is 4.90 Å². The predicted octanol–water partition coefficient (Wildman–Crippen LogP) is 1.39. The summed E-state index contributed by atoms with van der Waals surface area (Å²) in [6.45, 7) is 2.71. The van der Waals surface area contributed by atoms with Gasteiger partial charge in [-0.2, -0.15) is 0 Å². The monoisotopic (exact) mass is 374 g/mol. The van der Waals surface area contributed by atoms with Crippen LogP contribution in [0.5, 0.6) is 0 Å². The summed E-state index contributed by atoms with van der Waals surface area (Å²) in [6, 6.07) is 6.00. The lowest BCUT2D eigenvalue weighted by atomic mass is 9.97. The number of halogens is 1. The summed E-state index contributed by atoms with van der Waals surface area (Å²) in [4.78, 5) is 38.6. The first-order chi connectivity index (χ1) is 12.8. The zero-order chi connectivity index (χ0) is 19.7. The number of rotatable bonds is 3. The van der Waals surface area contributed by atoms with Crippen LogP contribution in [0.4, 0.5) is 15.9 Å². The fourth-order valence-electron chi connectivity index (χ4n) is 3.34. The molecule has 0 radical (unpaired) electrons. The zero-order valence-electron chi connectivity index (χ0n) is 15.7. The van der Waals surface area contributed by atoms with Gasteiger partial charge in [0.15, 0.2) is 0 Å². The number of aryl methyl sites for hydroxylation is 1. The lowest BCUT2D eigenvalue weighted by Crippen LogP contribution is -2.45. The highest BCUT2D eigenvalue weighted by atomic mass is 19.1. The van der Waals surface area contributed by atoms with Crippen LogP contribution < -0.4 is 21.5 Å². The van der Waals surface area contributed by atoms with Crippen molar-refractivity contribution in [1.29, 1.82) is 0 Å². The van der Waals surface area contributed by atoms with Gasteiger partial charge in [0.25, 0.3) is 5.56 Å². The van der Waals surface area contributed by atoms with Crippen LogP contribution in [0.15, 0.2) is 33.9 Å². The first-order valence-electron chi connectivity index (χ1n) is 8.87. The maximum Gasteiger partial charge on any atom is 0.332 e. The molecule has 1 amide bonds. The second-order valence-electron chi connectivity index (χ2n) is 6.98. The molecule has 3 rings (SSSR count). The predicted molar refractivity (Wildman–Crippen MR) is 102 cm³/mol. The second kappa shape index (κ2) is 7.38. The van der Waals surface area contributed by atoms with E-state index in [-0.39, 0.29) is 23.2 Å². The summed E-state index contributed by atoms with van der Waals surface area (Å²) in [7, 11) is 3.04. The third-order valence-corrected chi connectivity index (χ3v) is 5.06. The van der Waals surface area contributed by atoms with Crippen molar-refractivity contribution < 1.29 is 9.18 Å². The number of carbonyl (C=O) groups is 1. The summed E-state index contributed by atoms with van der Waals surface area (Å²) in [5.74, 6) is -0.380. The van der Waals surface area contributed by atoms with Gasteiger partial charge in [0, 0.05) is 38.9 Å². The molecule has 1 aromatic carbocycles. The van der Waals surface area contributed by atoms with Crippen molar-refractivity contribution in [2.45, 2.75) is 19.8 Å². The molecule has 27 heavy (non-hydrogen) atoms. The summed E-state index contributed by atoms with van der Waals surface area (Å²) >= 11 is 0. The zero-order valence-corrected chi connectivity index (χ0v) is 15.7. The molecule has 0 aliphatic carbocycles. The molecule has 0 spiro atoms. The number of benzene rings is 1. The van der Waals surface area contributed by atoms with Gasteiger partial charge in [-0.25, -0.2) is 9.18 Å². The Hall–Kier alpha value is -2.90. The average molecular weight is 374 g/mol. The maximum absolute atomic E-state index is 13.7. The number of amides is 1. The Labute approximate surface area is 156 Å². The van der Waals surface area contributed by atoms with E-state index in [1.54, 1.807) is 26.1 Å². The number of nitrogens with one attached hydrogen (secondary N) is 1. The highest BCUT2D eigenvalue weighted by Gasteiger charge is 2.27. The lowest BCUT2D eigenvalue weighted by molar-refractivity contribution is -0.120. The van der Waals surface area contributed by atoms with Crippen molar-refractivity contribution in [3.05, 3.63) is 56.5 Å². The fourth-order valence-corrected chi connectivity index (χ4v) is 3.34. The van der Waals surface area contributed by atoms with Gasteiger partial charge in [0.2, 0.25) is 5.91 Å². The summed E-state index contributed by atoms with van der Waals surface area (Å²) in [6.07, 6.45) is 1.44. The van der Waals surface area contributed by atoms with Crippen molar-refractivity contribution in [3.63, 3.8) is 0 Å². The molecule has 2 heterocycles. The SMILES string of the molecule is Cc1ccc(NC(=O)C2CCCN(c3cc(=O)n(C)c(=O)n3C)C2)cc1F. The molecule has 1 aromatic heterocycles. The summed E-state index contributed by atoms with van der Waals surface area (Å²) in [5.41, 5.74) is 0.152. The molecular formula is C19H23FN4O3. The van der Waals surface area contributed by atoms with E-state index in [0.29, 0.717) is 36.6 Å². The highest BCUT2D eigenvalue weighted by Crippen LogP contribution is 2.23. The van der Waals surface area contributed by atoms with Crippen molar-refractivity contribution >= 4 is 17.4 Å². The van der Waals surface area contributed by atoms with Gasteiger partial charge >= 0.3 is 5.69 Å². The van der Waals surface area contributed by atoms with Gasteiger partial charge in [0.05, 0.1) is 5.92 Å². The van der Waals surface area contributed by atoms with Crippen LogP contribution >= 0.6 is 0 Å². The van der Waals surface area contributed by atoms with Crippen LogP contribution in [-0.4, -0.2) is 28.1 Å². The fraction of sp³-hybridized carbons (Fsp3) is 0.421. The Kier molecular flexibility index (Phi) is 5.16. The Balaban J connectivity index is 1.78. The van der Waals surface area contributed by atoms with Gasteiger partial charge in [-0.3, -0.25) is 18.7 Å². The molecule has 1 unspecified atom stereocenters. The van der Waals surface area contributed by atoms with Crippen molar-refractivity contribution in [1.82, 2.24) is 9.13 Å². The number of anilines is 2. The Morgan fingerprint density at radius 1 is 1.19 bits per heavy atom. The Morgan fingerprint density at radius 3 is 2.63 bits per heavy atom. The van der Waals surface area contributed by atoms with Crippen LogP contribution in [0.25, 0.3) is 0 Å². The van der Waals surface area contributed by atoms with Crippen LogP contribution in [0.3, 0.4) is 0 Å². The molecule has 1 N–H and O–H groups in total. The van der Waals surface area contributed by atoms with Gasteiger partial charge in [-0.05, 0) is 37.5 Å². The van der Waals surface area contributed by atoms with Gasteiger partial charge in [-0.1, -0.05) is 6.07 Å². The smallest absolute Gasteiger partial charge is 0.332 e. The summed E-state index contributed by atoms with van der Waals surface area (Å²) in [5, 5.41) is 2.76. The third kappa shape index (κ3) is 3.79. The van der Waals surface area contributed by atoms with Crippen LogP contribution in [0, 0.1) is 18.7 Å². The molecule has 144 valence electrons. The first kappa shape index (κ1) is 18.9. The van der Waals surface area contributed by atoms with E-state index >= 15 is 0 Å².